The maximum Gasteiger partial charge on any atom is 0.257 e. The Morgan fingerprint density at radius 1 is 1.08 bits per heavy atom. The summed E-state index contributed by atoms with van der Waals surface area (Å²) in [6.07, 6.45) is 0. The van der Waals surface area contributed by atoms with Crippen LogP contribution < -0.4 is 0 Å². The van der Waals surface area contributed by atoms with Crippen LogP contribution in [-0.2, 0) is 10.0 Å². The van der Waals surface area contributed by atoms with Crippen LogP contribution in [0.4, 0.5) is 8.78 Å². The number of benzene rings is 1. The third-order valence-corrected chi connectivity index (χ3v) is 7.42. The first-order valence-corrected chi connectivity index (χ1v) is 9.92. The van der Waals surface area contributed by atoms with Gasteiger partial charge in [0.15, 0.2) is 0 Å². The first-order valence-electron chi connectivity index (χ1n) is 7.29. The van der Waals surface area contributed by atoms with Crippen LogP contribution >= 0.6 is 22.9 Å². The Balaban J connectivity index is 1.71. The lowest BCUT2D eigenvalue weighted by Gasteiger charge is -2.33. The highest BCUT2D eigenvalue weighted by molar-refractivity contribution is 7.91. The number of amides is 1. The molecule has 1 aromatic carbocycles. The van der Waals surface area contributed by atoms with Gasteiger partial charge in [0.25, 0.3) is 15.9 Å². The predicted molar refractivity (Wildman–Crippen MR) is 90.3 cm³/mol. The van der Waals surface area contributed by atoms with Gasteiger partial charge in [0.2, 0.25) is 0 Å². The Hall–Kier alpha value is -1.55. The van der Waals surface area contributed by atoms with E-state index < -0.39 is 27.6 Å². The standard InChI is InChI=1S/C15H13ClF2N2O3S2/c16-13-3-4-14(24-13)25(22,23)20-7-5-19(6-8-20)15(21)11-9-10(17)1-2-12(11)18/h1-4,9H,5-8H2. The van der Waals surface area contributed by atoms with Crippen molar-refractivity contribution in [3.63, 3.8) is 0 Å². The summed E-state index contributed by atoms with van der Waals surface area (Å²) >= 11 is 6.74. The molecule has 0 atom stereocenters. The highest BCUT2D eigenvalue weighted by Gasteiger charge is 2.32. The van der Waals surface area contributed by atoms with Crippen LogP contribution in [0.25, 0.3) is 0 Å². The lowest BCUT2D eigenvalue weighted by molar-refractivity contribution is 0.0692. The molecule has 134 valence electrons. The van der Waals surface area contributed by atoms with E-state index in [0.717, 1.165) is 29.5 Å². The maximum atomic E-state index is 13.7. The van der Waals surface area contributed by atoms with Crippen LogP contribution in [0, 0.1) is 11.6 Å². The van der Waals surface area contributed by atoms with Gasteiger partial charge in [-0.1, -0.05) is 11.6 Å². The number of rotatable bonds is 3. The van der Waals surface area contributed by atoms with Crippen molar-refractivity contribution in [1.82, 2.24) is 9.21 Å². The smallest absolute Gasteiger partial charge is 0.257 e. The van der Waals surface area contributed by atoms with Crippen molar-refractivity contribution in [2.24, 2.45) is 0 Å². The van der Waals surface area contributed by atoms with Crippen LogP contribution in [0.5, 0.6) is 0 Å². The summed E-state index contributed by atoms with van der Waals surface area (Å²) in [5.74, 6) is -2.18. The molecule has 1 aliphatic heterocycles. The molecule has 2 aromatic rings. The number of sulfonamides is 1. The molecule has 1 saturated heterocycles. The second-order valence-electron chi connectivity index (χ2n) is 5.38. The highest BCUT2D eigenvalue weighted by atomic mass is 35.5. The van der Waals surface area contributed by atoms with Gasteiger partial charge in [-0.15, -0.1) is 11.3 Å². The fraction of sp³-hybridized carbons (Fsp3) is 0.267. The number of halogens is 3. The summed E-state index contributed by atoms with van der Waals surface area (Å²) < 4.78 is 53.8. The lowest BCUT2D eigenvalue weighted by Crippen LogP contribution is -2.50. The summed E-state index contributed by atoms with van der Waals surface area (Å²) in [6, 6.07) is 5.61. The Morgan fingerprint density at radius 2 is 1.76 bits per heavy atom. The minimum absolute atomic E-state index is 0.0700. The number of piperazine rings is 1. The Morgan fingerprint density at radius 3 is 2.36 bits per heavy atom. The number of hydrogen-bond donors (Lipinski definition) is 0. The molecule has 0 unspecified atom stereocenters. The number of thiophene rings is 1. The zero-order valence-corrected chi connectivity index (χ0v) is 15.2. The molecule has 0 bridgehead atoms. The minimum atomic E-state index is -3.67. The van der Waals surface area contributed by atoms with Crippen molar-refractivity contribution in [2.75, 3.05) is 26.2 Å². The second-order valence-corrected chi connectivity index (χ2v) is 9.26. The zero-order chi connectivity index (χ0) is 18.2. The monoisotopic (exact) mass is 406 g/mol. The molecule has 1 amide bonds. The maximum absolute atomic E-state index is 13.7. The summed E-state index contributed by atoms with van der Waals surface area (Å²) in [5.41, 5.74) is -0.360. The van der Waals surface area contributed by atoms with Gasteiger partial charge in [-0.05, 0) is 30.3 Å². The molecule has 5 nitrogen and oxygen atoms in total. The van der Waals surface area contributed by atoms with Gasteiger partial charge in [0.05, 0.1) is 9.90 Å². The number of nitrogens with zero attached hydrogens (tertiary/aromatic N) is 2. The van der Waals surface area contributed by atoms with Gasteiger partial charge in [-0.3, -0.25) is 4.79 Å². The molecule has 0 spiro atoms. The predicted octanol–water partition coefficient (Wildman–Crippen LogP) is 2.83. The van der Waals surface area contributed by atoms with Crippen molar-refractivity contribution in [3.8, 4) is 0 Å². The zero-order valence-electron chi connectivity index (χ0n) is 12.8. The van der Waals surface area contributed by atoms with Gasteiger partial charge in [-0.2, -0.15) is 4.31 Å². The second kappa shape index (κ2) is 6.99. The van der Waals surface area contributed by atoms with Crippen LogP contribution in [0.3, 0.4) is 0 Å². The summed E-state index contributed by atoms with van der Waals surface area (Å²) in [7, 11) is -3.67. The molecule has 1 fully saturated rings. The molecule has 0 aliphatic carbocycles. The molecular weight excluding hydrogens is 394 g/mol. The Bertz CT molecular complexity index is 909. The topological polar surface area (TPSA) is 57.7 Å². The van der Waals surface area contributed by atoms with E-state index in [1.54, 1.807) is 0 Å². The quantitative estimate of drug-likeness (QED) is 0.787. The fourth-order valence-electron chi connectivity index (χ4n) is 2.53. The van der Waals surface area contributed by atoms with Gasteiger partial charge >= 0.3 is 0 Å². The van der Waals surface area contributed by atoms with Gasteiger partial charge < -0.3 is 4.90 Å². The van der Waals surface area contributed by atoms with Crippen LogP contribution in [0.1, 0.15) is 10.4 Å². The molecule has 1 aliphatic rings. The SMILES string of the molecule is O=C(c1cc(F)ccc1F)N1CCN(S(=O)(=O)c2ccc(Cl)s2)CC1. The molecule has 0 saturated carbocycles. The normalized spacial score (nSPS) is 16.2. The molecule has 25 heavy (non-hydrogen) atoms. The van der Waals surface area contributed by atoms with E-state index in [0.29, 0.717) is 4.34 Å². The first kappa shape index (κ1) is 18.2. The van der Waals surface area contributed by atoms with E-state index in [1.165, 1.54) is 21.3 Å². The first-order chi connectivity index (χ1) is 11.8. The summed E-state index contributed by atoms with van der Waals surface area (Å²) in [6.45, 7) is 0.321. The van der Waals surface area contributed by atoms with Crippen molar-refractivity contribution >= 4 is 38.9 Å². The highest BCUT2D eigenvalue weighted by Crippen LogP contribution is 2.28. The van der Waals surface area contributed by atoms with Crippen LogP contribution in [0.15, 0.2) is 34.5 Å². The molecular formula is C15H13ClF2N2O3S2. The van der Waals surface area contributed by atoms with E-state index in [1.807, 2.05) is 0 Å². The fourth-order valence-corrected chi connectivity index (χ4v) is 5.59. The largest absolute Gasteiger partial charge is 0.336 e. The van der Waals surface area contributed by atoms with E-state index in [-0.39, 0.29) is 36.0 Å². The van der Waals surface area contributed by atoms with Gasteiger partial charge in [-0.25, -0.2) is 17.2 Å². The Labute approximate surface area is 152 Å². The van der Waals surface area contributed by atoms with Gasteiger partial charge in [0, 0.05) is 26.2 Å². The van der Waals surface area contributed by atoms with Crippen molar-refractivity contribution in [2.45, 2.75) is 4.21 Å². The summed E-state index contributed by atoms with van der Waals surface area (Å²) in [4.78, 5) is 13.6. The van der Waals surface area contributed by atoms with E-state index >= 15 is 0 Å². The van der Waals surface area contributed by atoms with E-state index in [2.05, 4.69) is 0 Å². The molecule has 0 radical (unpaired) electrons. The lowest BCUT2D eigenvalue weighted by atomic mass is 10.1. The third-order valence-electron chi connectivity index (χ3n) is 3.83. The molecule has 10 heteroatoms. The molecule has 2 heterocycles. The molecule has 0 N–H and O–H groups in total. The summed E-state index contributed by atoms with van der Waals surface area (Å²) in [5, 5.41) is 0. The average Bonchev–Trinajstić information content (AvgIpc) is 3.04. The number of hydrogen-bond acceptors (Lipinski definition) is 4. The van der Waals surface area contributed by atoms with Crippen molar-refractivity contribution in [3.05, 3.63) is 51.9 Å². The van der Waals surface area contributed by atoms with E-state index in [9.17, 15) is 22.0 Å². The van der Waals surface area contributed by atoms with Crippen molar-refractivity contribution < 1.29 is 22.0 Å². The van der Waals surface area contributed by atoms with Crippen LogP contribution in [-0.4, -0.2) is 49.7 Å². The van der Waals surface area contributed by atoms with E-state index in [4.69, 9.17) is 11.6 Å². The molecule has 3 rings (SSSR count). The number of carbonyl (C=O) groups excluding carboxylic acids is 1. The average molecular weight is 407 g/mol. The van der Waals surface area contributed by atoms with Crippen molar-refractivity contribution in [1.29, 1.82) is 0 Å². The Kier molecular flexibility index (Phi) is 5.10. The minimum Gasteiger partial charge on any atom is -0.336 e. The number of carbonyl (C=O) groups is 1. The van der Waals surface area contributed by atoms with Crippen LogP contribution in [0.2, 0.25) is 4.34 Å². The third kappa shape index (κ3) is 3.69. The molecule has 1 aromatic heterocycles. The van der Waals surface area contributed by atoms with Gasteiger partial charge in [0.1, 0.15) is 15.8 Å².